The lowest BCUT2D eigenvalue weighted by Gasteiger charge is -2.24. The molecule has 0 saturated heterocycles. The van der Waals surface area contributed by atoms with E-state index in [4.69, 9.17) is 9.72 Å². The maximum absolute atomic E-state index is 6.61. The second kappa shape index (κ2) is 5.13. The van der Waals surface area contributed by atoms with Crippen LogP contribution in [0.3, 0.4) is 0 Å². The third-order valence-electron chi connectivity index (χ3n) is 8.13. The molecule has 7 aromatic rings. The first-order valence-corrected chi connectivity index (χ1v) is 11.8. The quantitative estimate of drug-likeness (QED) is 0.254. The Morgan fingerprint density at radius 3 is 2.77 bits per heavy atom. The summed E-state index contributed by atoms with van der Waals surface area (Å²) >= 11 is 0. The van der Waals surface area contributed by atoms with Gasteiger partial charge < -0.3 is 4.74 Å². The normalized spacial score (nSPS) is 18.1. The van der Waals surface area contributed by atoms with E-state index in [0.717, 1.165) is 33.6 Å². The van der Waals surface area contributed by atoms with Crippen molar-refractivity contribution in [1.29, 1.82) is 0 Å². The summed E-state index contributed by atoms with van der Waals surface area (Å²) in [6.07, 6.45) is 5.79. The van der Waals surface area contributed by atoms with Crippen LogP contribution in [0.2, 0.25) is 0 Å². The van der Waals surface area contributed by atoms with Gasteiger partial charge in [0.1, 0.15) is 22.9 Å². The molecule has 0 fully saturated rings. The third kappa shape index (κ3) is 1.51. The molecule has 0 amide bonds. The molecule has 1 unspecified atom stereocenters. The van der Waals surface area contributed by atoms with Crippen molar-refractivity contribution in [3.8, 4) is 22.9 Å². The van der Waals surface area contributed by atoms with Gasteiger partial charge in [-0.1, -0.05) is 28.8 Å². The van der Waals surface area contributed by atoms with Crippen molar-refractivity contribution in [3.05, 3.63) is 103 Å². The number of fused-ring (bicyclic) bond motifs is 8. The SMILES string of the molecule is c1cc2c3c(c1)-c1cccc[n+]1C31c3c4ccccc4n4c5cncnc5c5ccc([n+]1c5c34)O2. The van der Waals surface area contributed by atoms with Crippen molar-refractivity contribution in [2.24, 2.45) is 0 Å². The molecule has 5 aromatic heterocycles. The molecule has 0 bridgehead atoms. The zero-order valence-electron chi connectivity index (χ0n) is 18.3. The van der Waals surface area contributed by atoms with E-state index in [1.807, 2.05) is 6.20 Å². The van der Waals surface area contributed by atoms with Crippen LogP contribution < -0.4 is 13.9 Å². The summed E-state index contributed by atoms with van der Waals surface area (Å²) in [6, 6.07) is 25.8. The lowest BCUT2D eigenvalue weighted by Crippen LogP contribution is -2.72. The summed E-state index contributed by atoms with van der Waals surface area (Å²) in [4.78, 5) is 9.19. The van der Waals surface area contributed by atoms with Gasteiger partial charge in [-0.05, 0) is 30.3 Å². The fourth-order valence-electron chi connectivity index (χ4n) is 7.07. The lowest BCUT2D eigenvalue weighted by atomic mass is 9.89. The molecule has 6 nitrogen and oxygen atoms in total. The van der Waals surface area contributed by atoms with Gasteiger partial charge in [-0.2, -0.15) is 0 Å². The smallest absolute Gasteiger partial charge is 0.404 e. The van der Waals surface area contributed by atoms with Crippen LogP contribution in [0.4, 0.5) is 0 Å². The minimum atomic E-state index is -0.586. The Labute approximate surface area is 197 Å². The van der Waals surface area contributed by atoms with Gasteiger partial charge in [0, 0.05) is 17.5 Å². The lowest BCUT2D eigenvalue weighted by molar-refractivity contribution is -0.952. The summed E-state index contributed by atoms with van der Waals surface area (Å²) in [5.41, 5.74) is 9.74. The van der Waals surface area contributed by atoms with Crippen LogP contribution in [0.25, 0.3) is 49.6 Å². The number of pyridine rings is 3. The average molecular weight is 449 g/mol. The Hall–Kier alpha value is -4.84. The fraction of sp³-hybridized carbons (Fsp3) is 0.0345. The molecule has 1 spiro atoms. The van der Waals surface area contributed by atoms with E-state index in [2.05, 4.69) is 97.5 Å². The summed E-state index contributed by atoms with van der Waals surface area (Å²) in [6.45, 7) is 0. The molecule has 3 aliphatic heterocycles. The predicted octanol–water partition coefficient (Wildman–Crippen LogP) is 4.46. The molecule has 2 aromatic carbocycles. The highest BCUT2D eigenvalue weighted by atomic mass is 16.5. The highest BCUT2D eigenvalue weighted by Crippen LogP contribution is 2.55. The van der Waals surface area contributed by atoms with E-state index in [9.17, 15) is 0 Å². The monoisotopic (exact) mass is 449 g/mol. The number of aromatic nitrogens is 5. The maximum Gasteiger partial charge on any atom is 0.426 e. The van der Waals surface area contributed by atoms with Gasteiger partial charge in [-0.25, -0.2) is 9.97 Å². The Bertz CT molecular complexity index is 2160. The molecule has 1 atom stereocenters. The largest absolute Gasteiger partial charge is 0.426 e. The zero-order chi connectivity index (χ0) is 22.5. The van der Waals surface area contributed by atoms with Crippen LogP contribution in [-0.4, -0.2) is 14.4 Å². The Balaban J connectivity index is 1.63. The van der Waals surface area contributed by atoms with Crippen LogP contribution in [0, 0.1) is 0 Å². The maximum atomic E-state index is 6.61. The number of hydrogen-bond donors (Lipinski definition) is 0. The molecule has 0 saturated carbocycles. The Morgan fingerprint density at radius 1 is 0.829 bits per heavy atom. The zero-order valence-corrected chi connectivity index (χ0v) is 18.3. The van der Waals surface area contributed by atoms with Crippen molar-refractivity contribution < 1.29 is 13.9 Å². The van der Waals surface area contributed by atoms with E-state index < -0.39 is 5.66 Å². The molecule has 0 aliphatic carbocycles. The fourth-order valence-corrected chi connectivity index (χ4v) is 7.07. The molecule has 35 heavy (non-hydrogen) atoms. The first kappa shape index (κ1) is 16.7. The first-order chi connectivity index (χ1) is 17.4. The number of rotatable bonds is 0. The van der Waals surface area contributed by atoms with E-state index >= 15 is 0 Å². The number of para-hydroxylation sites is 1. The van der Waals surface area contributed by atoms with Crippen LogP contribution >= 0.6 is 0 Å². The number of benzene rings is 2. The summed E-state index contributed by atoms with van der Waals surface area (Å²) < 4.78 is 13.8. The number of nitrogens with zero attached hydrogens (tertiary/aromatic N) is 5. The minimum Gasteiger partial charge on any atom is -0.404 e. The van der Waals surface area contributed by atoms with E-state index in [0.29, 0.717) is 0 Å². The van der Waals surface area contributed by atoms with Gasteiger partial charge in [0.25, 0.3) is 5.52 Å². The Morgan fingerprint density at radius 2 is 1.77 bits per heavy atom. The molecule has 6 heteroatoms. The van der Waals surface area contributed by atoms with Crippen molar-refractivity contribution in [3.63, 3.8) is 0 Å². The molecular weight excluding hydrogens is 434 g/mol. The predicted molar refractivity (Wildman–Crippen MR) is 129 cm³/mol. The average Bonchev–Trinajstić information content (AvgIpc) is 3.53. The van der Waals surface area contributed by atoms with Crippen LogP contribution in [0.15, 0.2) is 91.5 Å². The van der Waals surface area contributed by atoms with Crippen LogP contribution in [0.1, 0.15) is 11.1 Å². The molecule has 8 heterocycles. The second-order valence-electron chi connectivity index (χ2n) is 9.51. The molecule has 0 N–H and O–H groups in total. The van der Waals surface area contributed by atoms with Crippen molar-refractivity contribution >= 4 is 38.4 Å². The topological polar surface area (TPSA) is 47.2 Å². The Kier molecular flexibility index (Phi) is 2.45. The molecule has 160 valence electrons. The minimum absolute atomic E-state index is 0.586. The molecule has 3 aliphatic rings. The standard InChI is InChI=1S/C29H15N5O/c1-2-9-20-17(6-1)25-28-27-18(26-21(33(20)28)14-30-15-31-26)11-12-23-34(27)29(25)24-16(7-5-10-22(24)35-23)19-8-3-4-13-32(19)29/h1-15H/q+2. The first-order valence-electron chi connectivity index (χ1n) is 11.8. The van der Waals surface area contributed by atoms with Gasteiger partial charge >= 0.3 is 11.5 Å². The van der Waals surface area contributed by atoms with Gasteiger partial charge in [0.15, 0.2) is 17.5 Å². The van der Waals surface area contributed by atoms with Gasteiger partial charge in [0.05, 0.1) is 34.2 Å². The molecule has 10 rings (SSSR count). The number of hydrogen-bond acceptors (Lipinski definition) is 3. The van der Waals surface area contributed by atoms with Crippen molar-refractivity contribution in [2.75, 3.05) is 0 Å². The van der Waals surface area contributed by atoms with E-state index in [1.54, 1.807) is 6.33 Å². The number of ether oxygens (including phenoxy) is 1. The van der Waals surface area contributed by atoms with Crippen molar-refractivity contribution in [2.45, 2.75) is 5.66 Å². The summed E-state index contributed by atoms with van der Waals surface area (Å²) in [5, 5.41) is 2.33. The van der Waals surface area contributed by atoms with Crippen LogP contribution in [-0.2, 0) is 5.66 Å². The van der Waals surface area contributed by atoms with Crippen LogP contribution in [0.5, 0.6) is 11.6 Å². The molecule has 0 radical (unpaired) electrons. The molecular formula is C29H15N5O+2. The van der Waals surface area contributed by atoms with Gasteiger partial charge in [0.2, 0.25) is 5.69 Å². The van der Waals surface area contributed by atoms with Crippen molar-refractivity contribution in [1.82, 2.24) is 14.4 Å². The third-order valence-corrected chi connectivity index (χ3v) is 8.13. The van der Waals surface area contributed by atoms with E-state index in [-0.39, 0.29) is 0 Å². The highest BCUT2D eigenvalue weighted by molar-refractivity contribution is 6.15. The summed E-state index contributed by atoms with van der Waals surface area (Å²) in [7, 11) is 0. The van der Waals surface area contributed by atoms with Gasteiger partial charge in [-0.15, -0.1) is 4.57 Å². The summed E-state index contributed by atoms with van der Waals surface area (Å²) in [5.74, 6) is 1.74. The van der Waals surface area contributed by atoms with Gasteiger partial charge in [-0.3, -0.25) is 4.40 Å². The van der Waals surface area contributed by atoms with E-state index in [1.165, 1.54) is 38.8 Å². The highest BCUT2D eigenvalue weighted by Gasteiger charge is 2.71. The second-order valence-corrected chi connectivity index (χ2v) is 9.51.